The van der Waals surface area contributed by atoms with E-state index >= 15 is 0 Å². The molecule has 2 aromatic rings. The summed E-state index contributed by atoms with van der Waals surface area (Å²) in [5.41, 5.74) is 0.968. The van der Waals surface area contributed by atoms with Gasteiger partial charge in [-0.3, -0.25) is 9.89 Å². The van der Waals surface area contributed by atoms with Crippen LogP contribution >= 0.6 is 11.3 Å². The predicted octanol–water partition coefficient (Wildman–Crippen LogP) is 1.56. The van der Waals surface area contributed by atoms with Crippen LogP contribution in [-0.2, 0) is 17.4 Å². The van der Waals surface area contributed by atoms with E-state index in [0.29, 0.717) is 50.4 Å². The second-order valence-corrected chi connectivity index (χ2v) is 6.32. The first kappa shape index (κ1) is 16.7. The van der Waals surface area contributed by atoms with E-state index in [9.17, 15) is 18.0 Å². The van der Waals surface area contributed by atoms with Crippen LogP contribution in [0.15, 0.2) is 12.4 Å². The Labute approximate surface area is 139 Å². The van der Waals surface area contributed by atoms with Gasteiger partial charge in [0.2, 0.25) is 16.0 Å². The molecular weight excluding hydrogens is 345 g/mol. The van der Waals surface area contributed by atoms with Crippen LogP contribution in [0.1, 0.15) is 17.0 Å². The van der Waals surface area contributed by atoms with Gasteiger partial charge < -0.3 is 9.80 Å². The number of rotatable bonds is 4. The number of hydrogen-bond donors (Lipinski definition) is 1. The Balaban J connectivity index is 1.50. The lowest BCUT2D eigenvalue weighted by Gasteiger charge is -2.34. The van der Waals surface area contributed by atoms with Crippen LogP contribution in [0.4, 0.5) is 18.3 Å². The first-order valence-corrected chi connectivity index (χ1v) is 8.16. The summed E-state index contributed by atoms with van der Waals surface area (Å²) in [4.78, 5) is 15.6. The third-order valence-electron chi connectivity index (χ3n) is 3.74. The molecule has 7 nitrogen and oxygen atoms in total. The zero-order valence-corrected chi connectivity index (χ0v) is 13.4. The van der Waals surface area contributed by atoms with Crippen molar-refractivity contribution in [1.29, 1.82) is 0 Å². The van der Waals surface area contributed by atoms with E-state index in [1.54, 1.807) is 22.2 Å². The summed E-state index contributed by atoms with van der Waals surface area (Å²) in [6.45, 7) is 1.82. The van der Waals surface area contributed by atoms with Gasteiger partial charge in [-0.25, -0.2) is 0 Å². The number of aromatic nitrogens is 4. The average molecular weight is 360 g/mol. The third kappa shape index (κ3) is 3.83. The van der Waals surface area contributed by atoms with Crippen molar-refractivity contribution >= 4 is 22.4 Å². The monoisotopic (exact) mass is 360 g/mol. The lowest BCUT2D eigenvalue weighted by molar-refractivity contribution is -0.138. The van der Waals surface area contributed by atoms with Crippen LogP contribution in [0, 0.1) is 0 Å². The van der Waals surface area contributed by atoms with E-state index in [4.69, 9.17) is 0 Å². The largest absolute Gasteiger partial charge is 0.445 e. The van der Waals surface area contributed by atoms with Crippen molar-refractivity contribution in [2.24, 2.45) is 0 Å². The first-order chi connectivity index (χ1) is 11.4. The number of piperazine rings is 1. The van der Waals surface area contributed by atoms with Crippen molar-refractivity contribution in [3.63, 3.8) is 0 Å². The summed E-state index contributed by atoms with van der Waals surface area (Å²) < 4.78 is 37.7. The van der Waals surface area contributed by atoms with Crippen LogP contribution in [0.2, 0.25) is 0 Å². The van der Waals surface area contributed by atoms with Crippen LogP contribution in [0.25, 0.3) is 0 Å². The Bertz CT molecular complexity index is 678. The van der Waals surface area contributed by atoms with E-state index in [-0.39, 0.29) is 11.0 Å². The fourth-order valence-electron chi connectivity index (χ4n) is 2.43. The smallest absolute Gasteiger partial charge is 0.343 e. The van der Waals surface area contributed by atoms with Gasteiger partial charge in [0.15, 0.2) is 0 Å². The quantitative estimate of drug-likeness (QED) is 0.895. The highest BCUT2D eigenvalue weighted by atomic mass is 32.1. The number of alkyl halides is 3. The van der Waals surface area contributed by atoms with Gasteiger partial charge >= 0.3 is 6.18 Å². The molecule has 0 bridgehead atoms. The molecule has 1 aliphatic heterocycles. The molecule has 1 amide bonds. The lowest BCUT2D eigenvalue weighted by Crippen LogP contribution is -2.48. The van der Waals surface area contributed by atoms with Gasteiger partial charge in [-0.2, -0.15) is 18.3 Å². The van der Waals surface area contributed by atoms with Gasteiger partial charge in [0.1, 0.15) is 0 Å². The zero-order valence-electron chi connectivity index (χ0n) is 12.6. The third-order valence-corrected chi connectivity index (χ3v) is 4.77. The number of amides is 1. The molecule has 2 aromatic heterocycles. The molecule has 3 rings (SSSR count). The highest BCUT2D eigenvalue weighted by molar-refractivity contribution is 7.15. The molecule has 24 heavy (non-hydrogen) atoms. The van der Waals surface area contributed by atoms with Gasteiger partial charge in [-0.1, -0.05) is 11.3 Å². The van der Waals surface area contributed by atoms with Gasteiger partial charge in [0.05, 0.1) is 6.20 Å². The van der Waals surface area contributed by atoms with Crippen molar-refractivity contribution < 1.29 is 18.0 Å². The average Bonchev–Trinajstić information content (AvgIpc) is 3.23. The zero-order chi connectivity index (χ0) is 17.2. The molecule has 0 saturated carbocycles. The maximum atomic E-state index is 12.6. The molecular formula is C13H15F3N6OS. The van der Waals surface area contributed by atoms with E-state index < -0.39 is 11.2 Å². The fraction of sp³-hybridized carbons (Fsp3) is 0.538. The highest BCUT2D eigenvalue weighted by Gasteiger charge is 2.36. The van der Waals surface area contributed by atoms with E-state index in [1.807, 2.05) is 0 Å². The Kier molecular flexibility index (Phi) is 4.69. The molecule has 130 valence electrons. The number of hydrogen-bond acceptors (Lipinski definition) is 6. The van der Waals surface area contributed by atoms with Crippen molar-refractivity contribution in [2.45, 2.75) is 19.0 Å². The minimum atomic E-state index is -4.47. The summed E-state index contributed by atoms with van der Waals surface area (Å²) in [7, 11) is 0. The number of halogens is 3. The first-order valence-electron chi connectivity index (χ1n) is 7.34. The van der Waals surface area contributed by atoms with Gasteiger partial charge in [0, 0.05) is 38.8 Å². The summed E-state index contributed by atoms with van der Waals surface area (Å²) in [5.74, 6) is 0.0316. The van der Waals surface area contributed by atoms with Crippen molar-refractivity contribution in [3.05, 3.63) is 23.0 Å². The van der Waals surface area contributed by atoms with E-state index in [0.717, 1.165) is 5.56 Å². The van der Waals surface area contributed by atoms with Crippen LogP contribution < -0.4 is 4.90 Å². The summed E-state index contributed by atoms with van der Waals surface area (Å²) >= 11 is 0.529. The van der Waals surface area contributed by atoms with Crippen LogP contribution in [-0.4, -0.2) is 57.4 Å². The number of aromatic amines is 1. The van der Waals surface area contributed by atoms with E-state index in [2.05, 4.69) is 20.4 Å². The molecule has 0 radical (unpaired) electrons. The van der Waals surface area contributed by atoms with E-state index in [1.165, 1.54) is 0 Å². The minimum absolute atomic E-state index is 0.0316. The molecule has 0 unspecified atom stereocenters. The highest BCUT2D eigenvalue weighted by Crippen LogP contribution is 2.34. The standard InChI is InChI=1S/C13H15F3N6OS/c14-13(15,16)11-19-20-12(24-11)22-5-3-21(4-6-22)10(23)2-1-9-7-17-18-8-9/h7-8H,1-6H2,(H,17,18). The second-order valence-electron chi connectivity index (χ2n) is 5.36. The molecule has 0 atom stereocenters. The molecule has 11 heteroatoms. The number of nitrogens with one attached hydrogen (secondary N) is 1. The predicted molar refractivity (Wildman–Crippen MR) is 80.6 cm³/mol. The number of anilines is 1. The lowest BCUT2D eigenvalue weighted by atomic mass is 10.2. The molecule has 1 fully saturated rings. The maximum Gasteiger partial charge on any atom is 0.445 e. The van der Waals surface area contributed by atoms with Gasteiger partial charge in [-0.05, 0) is 12.0 Å². The van der Waals surface area contributed by atoms with Gasteiger partial charge in [0.25, 0.3) is 0 Å². The molecule has 3 heterocycles. The number of aryl methyl sites for hydroxylation is 1. The fourth-order valence-corrected chi connectivity index (χ4v) is 3.19. The van der Waals surface area contributed by atoms with Crippen molar-refractivity contribution in [1.82, 2.24) is 25.3 Å². The Hall–Kier alpha value is -2.17. The van der Waals surface area contributed by atoms with Crippen LogP contribution in [0.5, 0.6) is 0 Å². The van der Waals surface area contributed by atoms with Crippen molar-refractivity contribution in [3.8, 4) is 0 Å². The SMILES string of the molecule is O=C(CCc1cn[nH]c1)N1CCN(c2nnc(C(F)(F)F)s2)CC1. The maximum absolute atomic E-state index is 12.6. The van der Waals surface area contributed by atoms with Gasteiger partial charge in [-0.15, -0.1) is 10.2 Å². The minimum Gasteiger partial charge on any atom is -0.343 e. The summed E-state index contributed by atoms with van der Waals surface area (Å²) in [6.07, 6.45) is -0.0456. The molecule has 0 aliphatic carbocycles. The number of H-pyrrole nitrogens is 1. The molecule has 0 aromatic carbocycles. The summed E-state index contributed by atoms with van der Waals surface area (Å²) in [5, 5.41) is 12.6. The molecule has 1 aliphatic rings. The Morgan fingerprint density at radius 1 is 1.25 bits per heavy atom. The normalized spacial score (nSPS) is 15.8. The molecule has 1 saturated heterocycles. The van der Waals surface area contributed by atoms with Crippen LogP contribution in [0.3, 0.4) is 0 Å². The Morgan fingerprint density at radius 3 is 2.58 bits per heavy atom. The topological polar surface area (TPSA) is 78.0 Å². The number of carbonyl (C=O) groups excluding carboxylic acids is 1. The number of carbonyl (C=O) groups is 1. The van der Waals surface area contributed by atoms with Crippen molar-refractivity contribution in [2.75, 3.05) is 31.1 Å². The summed E-state index contributed by atoms with van der Waals surface area (Å²) in [6, 6.07) is 0. The number of nitrogens with zero attached hydrogens (tertiary/aromatic N) is 5. The Morgan fingerprint density at radius 2 is 2.00 bits per heavy atom. The second kappa shape index (κ2) is 6.75. The molecule has 0 spiro atoms. The molecule has 1 N–H and O–H groups in total.